The number of aryl methyl sites for hydroxylation is 1. The van der Waals surface area contributed by atoms with Gasteiger partial charge in [0.25, 0.3) is 0 Å². The number of nitrogens with zero attached hydrogens (tertiary/aromatic N) is 2. The fraction of sp³-hybridized carbons (Fsp3) is 0.238. The molecule has 6 heteroatoms. The molecule has 0 saturated heterocycles. The molecule has 1 N–H and O–H groups in total. The van der Waals surface area contributed by atoms with Gasteiger partial charge in [-0.05, 0) is 37.3 Å². The third kappa shape index (κ3) is 3.38. The second-order valence-corrected chi connectivity index (χ2v) is 6.22. The van der Waals surface area contributed by atoms with Crippen molar-refractivity contribution in [2.24, 2.45) is 0 Å². The van der Waals surface area contributed by atoms with Gasteiger partial charge in [-0.3, -0.25) is 4.79 Å². The minimum atomic E-state index is -1.03. The van der Waals surface area contributed by atoms with Crippen LogP contribution in [0.3, 0.4) is 0 Å². The largest absolute Gasteiger partial charge is 0.497 e. The lowest BCUT2D eigenvalue weighted by molar-refractivity contribution is -0.117. The number of carbonyl (C=O) groups is 2. The highest BCUT2D eigenvalue weighted by molar-refractivity contribution is 6.03. The van der Waals surface area contributed by atoms with Crippen molar-refractivity contribution in [2.75, 3.05) is 19.1 Å². The van der Waals surface area contributed by atoms with E-state index in [2.05, 4.69) is 0 Å². The maximum Gasteiger partial charge on any atom is 0.352 e. The summed E-state index contributed by atoms with van der Waals surface area (Å²) in [6.45, 7) is 2.42. The van der Waals surface area contributed by atoms with E-state index in [1.54, 1.807) is 43.0 Å². The Labute approximate surface area is 157 Å². The fourth-order valence-corrected chi connectivity index (χ4v) is 3.35. The molecular formula is C21H22N2O4. The molecule has 3 rings (SSSR count). The summed E-state index contributed by atoms with van der Waals surface area (Å²) >= 11 is 0. The molecule has 0 spiro atoms. The Balaban J connectivity index is 1.98. The number of methoxy groups -OCH3 is 1. The standard InChI is InChI=1S/C21H22N2O4/c1-4-23-18-8-6-5-7-16(18)17(20(23)21(25)26)13-19(24)22(2)14-9-11-15(27-3)12-10-14/h5-12H,4,13H2,1-3H3,(H,25,26). The summed E-state index contributed by atoms with van der Waals surface area (Å²) in [6.07, 6.45) is 0.0116. The SMILES string of the molecule is CCn1c(C(=O)O)c(CC(=O)N(C)c2ccc(OC)cc2)c2ccccc21. The predicted octanol–water partition coefficient (Wildman–Crippen LogP) is 3.57. The Hall–Kier alpha value is -3.28. The van der Waals surface area contributed by atoms with Crippen molar-refractivity contribution in [3.8, 4) is 5.75 Å². The number of hydrogen-bond donors (Lipinski definition) is 1. The van der Waals surface area contributed by atoms with Gasteiger partial charge >= 0.3 is 5.97 Å². The van der Waals surface area contributed by atoms with Crippen molar-refractivity contribution in [1.29, 1.82) is 0 Å². The molecule has 27 heavy (non-hydrogen) atoms. The number of anilines is 1. The summed E-state index contributed by atoms with van der Waals surface area (Å²) in [4.78, 5) is 26.3. The number of carboxylic acids is 1. The van der Waals surface area contributed by atoms with E-state index in [1.807, 2.05) is 31.2 Å². The number of aromatic nitrogens is 1. The van der Waals surface area contributed by atoms with Gasteiger partial charge in [-0.1, -0.05) is 18.2 Å². The Morgan fingerprint density at radius 2 is 1.78 bits per heavy atom. The molecular weight excluding hydrogens is 344 g/mol. The van der Waals surface area contributed by atoms with E-state index in [0.29, 0.717) is 17.9 Å². The number of carbonyl (C=O) groups excluding carboxylic acids is 1. The van der Waals surface area contributed by atoms with Crippen LogP contribution < -0.4 is 9.64 Å². The predicted molar refractivity (Wildman–Crippen MR) is 105 cm³/mol. The summed E-state index contributed by atoms with van der Waals surface area (Å²) < 4.78 is 6.88. The first kappa shape index (κ1) is 18.5. The Bertz CT molecular complexity index is 989. The van der Waals surface area contributed by atoms with Gasteiger partial charge in [0.1, 0.15) is 11.4 Å². The topological polar surface area (TPSA) is 71.8 Å². The van der Waals surface area contributed by atoms with E-state index in [0.717, 1.165) is 16.6 Å². The Morgan fingerprint density at radius 3 is 2.37 bits per heavy atom. The van der Waals surface area contributed by atoms with Crippen molar-refractivity contribution < 1.29 is 19.4 Å². The quantitative estimate of drug-likeness (QED) is 0.724. The van der Waals surface area contributed by atoms with Gasteiger partial charge in [0, 0.05) is 35.7 Å². The number of aromatic carboxylic acids is 1. The molecule has 0 aliphatic carbocycles. The molecule has 3 aromatic rings. The average molecular weight is 366 g/mol. The summed E-state index contributed by atoms with van der Waals surface area (Å²) in [6, 6.07) is 14.6. The van der Waals surface area contributed by atoms with Crippen LogP contribution in [0.2, 0.25) is 0 Å². The molecule has 1 amide bonds. The maximum absolute atomic E-state index is 12.9. The normalized spacial score (nSPS) is 10.8. The number of ether oxygens (including phenoxy) is 1. The first-order valence-corrected chi connectivity index (χ1v) is 8.72. The molecule has 0 aliphatic heterocycles. The molecule has 0 unspecified atom stereocenters. The highest BCUT2D eigenvalue weighted by atomic mass is 16.5. The van der Waals surface area contributed by atoms with E-state index >= 15 is 0 Å². The molecule has 0 aliphatic rings. The number of amides is 1. The molecule has 0 atom stereocenters. The molecule has 2 aromatic carbocycles. The smallest absolute Gasteiger partial charge is 0.352 e. The van der Waals surface area contributed by atoms with Gasteiger partial charge in [0.05, 0.1) is 13.5 Å². The van der Waals surface area contributed by atoms with Crippen LogP contribution in [0.1, 0.15) is 23.0 Å². The summed E-state index contributed by atoms with van der Waals surface area (Å²) in [5.41, 5.74) is 2.27. The van der Waals surface area contributed by atoms with Gasteiger partial charge in [-0.15, -0.1) is 0 Å². The van der Waals surface area contributed by atoms with Crippen LogP contribution >= 0.6 is 0 Å². The van der Waals surface area contributed by atoms with Crippen LogP contribution in [0.15, 0.2) is 48.5 Å². The average Bonchev–Trinajstić information content (AvgIpc) is 3.01. The highest BCUT2D eigenvalue weighted by Crippen LogP contribution is 2.28. The van der Waals surface area contributed by atoms with E-state index in [-0.39, 0.29) is 18.0 Å². The zero-order valence-corrected chi connectivity index (χ0v) is 15.6. The lowest BCUT2D eigenvalue weighted by atomic mass is 10.1. The lowest BCUT2D eigenvalue weighted by Crippen LogP contribution is -2.28. The van der Waals surface area contributed by atoms with Gasteiger partial charge in [-0.25, -0.2) is 4.79 Å². The molecule has 0 radical (unpaired) electrons. The molecule has 0 saturated carbocycles. The van der Waals surface area contributed by atoms with Crippen molar-refractivity contribution in [2.45, 2.75) is 19.9 Å². The highest BCUT2D eigenvalue weighted by Gasteiger charge is 2.24. The number of carboxylic acid groups (broad SMARTS) is 1. The van der Waals surface area contributed by atoms with E-state index in [9.17, 15) is 14.7 Å². The number of rotatable bonds is 6. The Kier molecular flexibility index (Phi) is 5.16. The van der Waals surface area contributed by atoms with E-state index < -0.39 is 5.97 Å². The van der Waals surface area contributed by atoms with Crippen LogP contribution in [-0.2, 0) is 17.8 Å². The van der Waals surface area contributed by atoms with Gasteiger partial charge in [0.2, 0.25) is 5.91 Å². The van der Waals surface area contributed by atoms with Gasteiger partial charge < -0.3 is 19.3 Å². The number of benzene rings is 2. The number of para-hydroxylation sites is 1. The molecule has 1 heterocycles. The molecule has 0 bridgehead atoms. The Morgan fingerprint density at radius 1 is 1.11 bits per heavy atom. The number of fused-ring (bicyclic) bond motifs is 1. The number of likely N-dealkylation sites (N-methyl/N-ethyl adjacent to an activating group) is 1. The third-order valence-electron chi connectivity index (χ3n) is 4.76. The second-order valence-electron chi connectivity index (χ2n) is 6.22. The number of hydrogen-bond acceptors (Lipinski definition) is 3. The minimum absolute atomic E-state index is 0.0116. The molecule has 1 aromatic heterocycles. The first-order valence-electron chi connectivity index (χ1n) is 8.72. The summed E-state index contributed by atoms with van der Waals surface area (Å²) in [7, 11) is 3.27. The van der Waals surface area contributed by atoms with Crippen molar-refractivity contribution in [3.05, 3.63) is 59.8 Å². The van der Waals surface area contributed by atoms with Gasteiger partial charge in [0.15, 0.2) is 0 Å². The molecule has 6 nitrogen and oxygen atoms in total. The lowest BCUT2D eigenvalue weighted by Gasteiger charge is -2.18. The van der Waals surface area contributed by atoms with Crippen molar-refractivity contribution >= 4 is 28.5 Å². The van der Waals surface area contributed by atoms with Crippen LogP contribution in [0, 0.1) is 0 Å². The van der Waals surface area contributed by atoms with Crippen LogP contribution in [0.5, 0.6) is 5.75 Å². The second kappa shape index (κ2) is 7.53. The zero-order chi connectivity index (χ0) is 19.6. The third-order valence-corrected chi connectivity index (χ3v) is 4.76. The van der Waals surface area contributed by atoms with Crippen molar-refractivity contribution in [3.63, 3.8) is 0 Å². The van der Waals surface area contributed by atoms with Gasteiger partial charge in [-0.2, -0.15) is 0 Å². The van der Waals surface area contributed by atoms with Crippen LogP contribution in [0.25, 0.3) is 10.9 Å². The van der Waals surface area contributed by atoms with Crippen LogP contribution in [0.4, 0.5) is 5.69 Å². The van der Waals surface area contributed by atoms with E-state index in [1.165, 1.54) is 4.90 Å². The maximum atomic E-state index is 12.9. The monoisotopic (exact) mass is 366 g/mol. The summed E-state index contributed by atoms with van der Waals surface area (Å²) in [5, 5.41) is 10.5. The minimum Gasteiger partial charge on any atom is -0.497 e. The molecule has 0 fully saturated rings. The fourth-order valence-electron chi connectivity index (χ4n) is 3.35. The molecule has 140 valence electrons. The zero-order valence-electron chi connectivity index (χ0n) is 15.6. The van der Waals surface area contributed by atoms with Crippen molar-refractivity contribution in [1.82, 2.24) is 4.57 Å². The summed E-state index contributed by atoms with van der Waals surface area (Å²) in [5.74, 6) is -0.497. The van der Waals surface area contributed by atoms with E-state index in [4.69, 9.17) is 4.74 Å². The van der Waals surface area contributed by atoms with Crippen LogP contribution in [-0.4, -0.2) is 35.7 Å². The first-order chi connectivity index (χ1) is 13.0.